The van der Waals surface area contributed by atoms with Crippen LogP contribution in [-0.4, -0.2) is 45.4 Å². The number of aromatic nitrogens is 1. The molecule has 164 valence electrons. The van der Waals surface area contributed by atoms with Crippen LogP contribution in [0.25, 0.3) is 11.3 Å². The Morgan fingerprint density at radius 1 is 1.03 bits per heavy atom. The molecule has 3 aromatic rings. The third-order valence-electron chi connectivity index (χ3n) is 4.56. The molecule has 8 heteroatoms. The summed E-state index contributed by atoms with van der Waals surface area (Å²) < 4.78 is 21.4. The van der Waals surface area contributed by atoms with E-state index in [9.17, 15) is 4.79 Å². The van der Waals surface area contributed by atoms with E-state index in [-0.39, 0.29) is 5.91 Å². The van der Waals surface area contributed by atoms with Gasteiger partial charge in [0.15, 0.2) is 11.5 Å². The summed E-state index contributed by atoms with van der Waals surface area (Å²) in [5.74, 6) is 1.95. The number of thiazole rings is 1. The molecule has 0 radical (unpaired) electrons. The summed E-state index contributed by atoms with van der Waals surface area (Å²) in [5, 5.41) is 5.89. The smallest absolute Gasteiger partial charge is 0.251 e. The summed E-state index contributed by atoms with van der Waals surface area (Å²) in [6, 6.07) is 11.1. The van der Waals surface area contributed by atoms with Crippen molar-refractivity contribution < 1.29 is 23.7 Å². The molecule has 2 aromatic carbocycles. The van der Waals surface area contributed by atoms with E-state index in [0.717, 1.165) is 22.0 Å². The van der Waals surface area contributed by atoms with E-state index >= 15 is 0 Å². The Kier molecular flexibility index (Phi) is 7.72. The Balaban J connectivity index is 1.60. The lowest BCUT2D eigenvalue weighted by molar-refractivity contribution is 0.0953. The normalized spacial score (nSPS) is 10.5. The summed E-state index contributed by atoms with van der Waals surface area (Å²) in [5.41, 5.74) is 2.38. The number of hydrogen-bond donors (Lipinski definition) is 1. The van der Waals surface area contributed by atoms with Crippen LogP contribution in [0.2, 0.25) is 0 Å². The average molecular weight is 443 g/mol. The third kappa shape index (κ3) is 5.46. The molecule has 31 heavy (non-hydrogen) atoms. The summed E-state index contributed by atoms with van der Waals surface area (Å²) in [6.45, 7) is 3.06. The molecular formula is C23H26N2O5S. The predicted octanol–water partition coefficient (Wildman–Crippen LogP) is 4.21. The van der Waals surface area contributed by atoms with Crippen LogP contribution < -0.4 is 24.3 Å². The van der Waals surface area contributed by atoms with Gasteiger partial charge in [0.05, 0.1) is 38.6 Å². The molecule has 1 amide bonds. The van der Waals surface area contributed by atoms with Crippen LogP contribution in [0, 0.1) is 0 Å². The van der Waals surface area contributed by atoms with E-state index in [2.05, 4.69) is 10.3 Å². The van der Waals surface area contributed by atoms with Gasteiger partial charge in [-0.15, -0.1) is 11.3 Å². The highest BCUT2D eigenvalue weighted by Gasteiger charge is 2.17. The molecule has 0 atom stereocenters. The number of carbonyl (C=O) groups is 1. The zero-order valence-corrected chi connectivity index (χ0v) is 18.9. The molecule has 0 saturated carbocycles. The van der Waals surface area contributed by atoms with Crippen molar-refractivity contribution in [3.05, 3.63) is 52.3 Å². The van der Waals surface area contributed by atoms with Gasteiger partial charge in [0.25, 0.3) is 5.91 Å². The zero-order chi connectivity index (χ0) is 22.2. The first-order chi connectivity index (χ1) is 15.1. The average Bonchev–Trinajstić information content (AvgIpc) is 3.27. The van der Waals surface area contributed by atoms with Crippen molar-refractivity contribution in [3.63, 3.8) is 0 Å². The fourth-order valence-corrected chi connectivity index (χ4v) is 3.85. The van der Waals surface area contributed by atoms with Crippen molar-refractivity contribution in [1.82, 2.24) is 10.3 Å². The number of methoxy groups -OCH3 is 3. The fourth-order valence-electron chi connectivity index (χ4n) is 3.04. The van der Waals surface area contributed by atoms with Crippen molar-refractivity contribution in [2.45, 2.75) is 13.3 Å². The zero-order valence-electron chi connectivity index (χ0n) is 18.1. The Morgan fingerprint density at radius 2 is 1.71 bits per heavy atom. The maximum atomic E-state index is 12.6. The molecule has 3 rings (SSSR count). The number of nitrogens with one attached hydrogen (secondary N) is 1. The maximum absolute atomic E-state index is 12.6. The first-order valence-electron chi connectivity index (χ1n) is 9.85. The van der Waals surface area contributed by atoms with Crippen molar-refractivity contribution in [2.24, 2.45) is 0 Å². The number of ether oxygens (including phenoxy) is 4. The van der Waals surface area contributed by atoms with Gasteiger partial charge in [-0.25, -0.2) is 4.98 Å². The van der Waals surface area contributed by atoms with Crippen molar-refractivity contribution in [3.8, 4) is 34.3 Å². The van der Waals surface area contributed by atoms with Crippen LogP contribution in [0.4, 0.5) is 0 Å². The third-order valence-corrected chi connectivity index (χ3v) is 5.47. The van der Waals surface area contributed by atoms with Gasteiger partial charge in [-0.05, 0) is 43.3 Å². The van der Waals surface area contributed by atoms with Crippen LogP contribution in [0.1, 0.15) is 22.3 Å². The van der Waals surface area contributed by atoms with E-state index in [4.69, 9.17) is 18.9 Å². The molecule has 0 aliphatic heterocycles. The SMILES string of the molecule is CCOc1ccc(-c2csc(CCNC(=O)c3cc(OC)c(OC)c(OC)c3)n2)cc1. The number of hydrogen-bond acceptors (Lipinski definition) is 7. The Hall–Kier alpha value is -3.26. The number of amides is 1. The molecular weight excluding hydrogens is 416 g/mol. The second kappa shape index (κ2) is 10.7. The summed E-state index contributed by atoms with van der Waals surface area (Å²) in [4.78, 5) is 17.3. The van der Waals surface area contributed by atoms with Gasteiger partial charge in [0.2, 0.25) is 5.75 Å². The Labute approximate surface area is 185 Å². The van der Waals surface area contributed by atoms with E-state index in [1.165, 1.54) is 21.3 Å². The van der Waals surface area contributed by atoms with Crippen LogP contribution in [0.3, 0.4) is 0 Å². The summed E-state index contributed by atoms with van der Waals surface area (Å²) in [6.07, 6.45) is 0.637. The van der Waals surface area contributed by atoms with Gasteiger partial charge < -0.3 is 24.3 Å². The topological polar surface area (TPSA) is 78.9 Å². The number of benzene rings is 2. The van der Waals surface area contributed by atoms with E-state index < -0.39 is 0 Å². The van der Waals surface area contributed by atoms with Crippen molar-refractivity contribution in [2.75, 3.05) is 34.5 Å². The lowest BCUT2D eigenvalue weighted by Crippen LogP contribution is -2.25. The van der Waals surface area contributed by atoms with Gasteiger partial charge in [-0.1, -0.05) is 0 Å². The molecule has 0 aliphatic carbocycles. The minimum atomic E-state index is -0.220. The highest BCUT2D eigenvalue weighted by atomic mass is 32.1. The number of nitrogens with zero attached hydrogens (tertiary/aromatic N) is 1. The lowest BCUT2D eigenvalue weighted by Gasteiger charge is -2.14. The number of carbonyl (C=O) groups excluding carboxylic acids is 1. The molecule has 0 spiro atoms. The highest BCUT2D eigenvalue weighted by molar-refractivity contribution is 7.09. The van der Waals surface area contributed by atoms with Crippen LogP contribution in [-0.2, 0) is 6.42 Å². The standard InChI is InChI=1S/C23H26N2O5S/c1-5-30-17-8-6-15(7-9-17)18-14-31-21(25-18)10-11-24-23(26)16-12-19(27-2)22(29-4)20(13-16)28-3/h6-9,12-14H,5,10-11H2,1-4H3,(H,24,26). The van der Waals surface area contributed by atoms with Crippen molar-refractivity contribution in [1.29, 1.82) is 0 Å². The first kappa shape index (κ1) is 22.4. The molecule has 1 aromatic heterocycles. The minimum absolute atomic E-state index is 0.220. The molecule has 0 bridgehead atoms. The van der Waals surface area contributed by atoms with Crippen LogP contribution in [0.5, 0.6) is 23.0 Å². The van der Waals surface area contributed by atoms with E-state index in [1.807, 2.05) is 36.6 Å². The molecule has 1 N–H and O–H groups in total. The van der Waals surface area contributed by atoms with Crippen molar-refractivity contribution >= 4 is 17.2 Å². The molecule has 0 saturated heterocycles. The second-order valence-corrected chi connectivity index (χ2v) is 7.45. The molecule has 0 fully saturated rings. The summed E-state index contributed by atoms with van der Waals surface area (Å²) in [7, 11) is 4.56. The highest BCUT2D eigenvalue weighted by Crippen LogP contribution is 2.38. The van der Waals surface area contributed by atoms with E-state index in [0.29, 0.717) is 42.4 Å². The van der Waals surface area contributed by atoms with Crippen LogP contribution in [0.15, 0.2) is 41.8 Å². The predicted molar refractivity (Wildman–Crippen MR) is 121 cm³/mol. The van der Waals surface area contributed by atoms with Crippen LogP contribution >= 0.6 is 11.3 Å². The van der Waals surface area contributed by atoms with Gasteiger partial charge in [0.1, 0.15) is 5.75 Å². The molecule has 0 unspecified atom stereocenters. The first-order valence-corrected chi connectivity index (χ1v) is 10.7. The Bertz CT molecular complexity index is 992. The second-order valence-electron chi connectivity index (χ2n) is 6.50. The maximum Gasteiger partial charge on any atom is 0.251 e. The number of rotatable bonds is 10. The monoisotopic (exact) mass is 442 g/mol. The molecule has 1 heterocycles. The van der Waals surface area contributed by atoms with Gasteiger partial charge in [0, 0.05) is 29.5 Å². The molecule has 7 nitrogen and oxygen atoms in total. The quantitative estimate of drug-likeness (QED) is 0.507. The largest absolute Gasteiger partial charge is 0.494 e. The van der Waals surface area contributed by atoms with Gasteiger partial charge in [-0.3, -0.25) is 4.79 Å². The molecule has 0 aliphatic rings. The lowest BCUT2D eigenvalue weighted by atomic mass is 10.1. The fraction of sp³-hybridized carbons (Fsp3) is 0.304. The van der Waals surface area contributed by atoms with Gasteiger partial charge in [-0.2, -0.15) is 0 Å². The van der Waals surface area contributed by atoms with E-state index in [1.54, 1.807) is 23.5 Å². The van der Waals surface area contributed by atoms with Gasteiger partial charge >= 0.3 is 0 Å². The minimum Gasteiger partial charge on any atom is -0.494 e. The Morgan fingerprint density at radius 3 is 2.29 bits per heavy atom. The summed E-state index contributed by atoms with van der Waals surface area (Å²) >= 11 is 1.57.